The van der Waals surface area contributed by atoms with Crippen LogP contribution in [0.25, 0.3) is 0 Å². The fourth-order valence-corrected chi connectivity index (χ4v) is 1.39. The molecule has 116 valence electrons. The van der Waals surface area contributed by atoms with Crippen molar-refractivity contribution in [2.75, 3.05) is 25.6 Å². The lowest BCUT2D eigenvalue weighted by atomic mass is 10.1. The number of halogens is 3. The molecule has 1 aromatic rings. The van der Waals surface area contributed by atoms with Crippen LogP contribution in [0.3, 0.4) is 0 Å². The minimum atomic E-state index is -4.54. The molecule has 1 aromatic carbocycles. The van der Waals surface area contributed by atoms with E-state index < -0.39 is 31.3 Å². The molecule has 0 aromatic heterocycles. The SMILES string of the molecule is COc1ccc(C(=O)O)c(NC(=O)COCC(F)(F)F)c1. The lowest BCUT2D eigenvalue weighted by molar-refractivity contribution is -0.174. The first-order chi connectivity index (χ1) is 9.73. The Bertz CT molecular complexity index is 530. The van der Waals surface area contributed by atoms with Crippen molar-refractivity contribution in [1.29, 1.82) is 0 Å². The molecule has 0 aliphatic heterocycles. The van der Waals surface area contributed by atoms with Gasteiger partial charge in [0.05, 0.1) is 18.4 Å². The lowest BCUT2D eigenvalue weighted by Gasteiger charge is -2.11. The van der Waals surface area contributed by atoms with E-state index in [1.54, 1.807) is 0 Å². The van der Waals surface area contributed by atoms with E-state index in [1.165, 1.54) is 25.3 Å². The highest BCUT2D eigenvalue weighted by atomic mass is 19.4. The third-order valence-electron chi connectivity index (χ3n) is 2.23. The lowest BCUT2D eigenvalue weighted by Crippen LogP contribution is -2.24. The maximum absolute atomic E-state index is 11.9. The number of ether oxygens (including phenoxy) is 2. The predicted octanol–water partition coefficient (Wildman–Crippen LogP) is 1.91. The highest BCUT2D eigenvalue weighted by Crippen LogP contribution is 2.22. The Morgan fingerprint density at radius 2 is 2.00 bits per heavy atom. The number of carboxylic acid groups (broad SMARTS) is 1. The monoisotopic (exact) mass is 307 g/mol. The third kappa shape index (κ3) is 5.69. The number of amides is 1. The van der Waals surface area contributed by atoms with Gasteiger partial charge in [0.1, 0.15) is 19.0 Å². The summed E-state index contributed by atoms with van der Waals surface area (Å²) in [7, 11) is 1.34. The van der Waals surface area contributed by atoms with Crippen LogP contribution in [0.15, 0.2) is 18.2 Å². The Morgan fingerprint density at radius 1 is 1.33 bits per heavy atom. The van der Waals surface area contributed by atoms with Crippen molar-refractivity contribution in [1.82, 2.24) is 0 Å². The van der Waals surface area contributed by atoms with Gasteiger partial charge in [0.25, 0.3) is 0 Å². The number of aromatic carboxylic acids is 1. The minimum absolute atomic E-state index is 0.0949. The molecule has 2 N–H and O–H groups in total. The van der Waals surface area contributed by atoms with Crippen molar-refractivity contribution in [3.8, 4) is 5.75 Å². The van der Waals surface area contributed by atoms with Gasteiger partial charge in [-0.25, -0.2) is 4.79 Å². The second-order valence-corrected chi connectivity index (χ2v) is 3.87. The first kappa shape index (κ1) is 16.8. The minimum Gasteiger partial charge on any atom is -0.497 e. The first-order valence-electron chi connectivity index (χ1n) is 5.58. The van der Waals surface area contributed by atoms with Gasteiger partial charge in [0, 0.05) is 6.07 Å². The van der Waals surface area contributed by atoms with Gasteiger partial charge in [-0.2, -0.15) is 13.2 Å². The molecule has 0 unspecified atom stereocenters. The summed E-state index contributed by atoms with van der Waals surface area (Å²) in [5.74, 6) is -1.93. The molecule has 0 saturated heterocycles. The predicted molar refractivity (Wildman–Crippen MR) is 65.5 cm³/mol. The summed E-state index contributed by atoms with van der Waals surface area (Å²) in [6.07, 6.45) is -4.54. The number of carbonyl (C=O) groups excluding carboxylic acids is 1. The van der Waals surface area contributed by atoms with E-state index in [1.807, 2.05) is 0 Å². The van der Waals surface area contributed by atoms with Crippen molar-refractivity contribution < 1.29 is 37.3 Å². The van der Waals surface area contributed by atoms with E-state index >= 15 is 0 Å². The fourth-order valence-electron chi connectivity index (χ4n) is 1.39. The molecule has 0 radical (unpaired) electrons. The van der Waals surface area contributed by atoms with Gasteiger partial charge < -0.3 is 19.9 Å². The van der Waals surface area contributed by atoms with Crippen molar-refractivity contribution >= 4 is 17.6 Å². The van der Waals surface area contributed by atoms with Gasteiger partial charge in [0.2, 0.25) is 5.91 Å². The maximum atomic E-state index is 11.9. The van der Waals surface area contributed by atoms with Gasteiger partial charge >= 0.3 is 12.1 Å². The van der Waals surface area contributed by atoms with Crippen LogP contribution in [0, 0.1) is 0 Å². The zero-order chi connectivity index (χ0) is 16.0. The molecule has 1 amide bonds. The molecule has 0 spiro atoms. The molecule has 1 rings (SSSR count). The summed E-state index contributed by atoms with van der Waals surface area (Å²) in [5, 5.41) is 11.1. The standard InChI is InChI=1S/C12H12F3NO5/c1-20-7-2-3-8(11(18)19)9(4-7)16-10(17)5-21-6-12(13,14)15/h2-4H,5-6H2,1H3,(H,16,17)(H,18,19). The van der Waals surface area contributed by atoms with E-state index in [-0.39, 0.29) is 17.0 Å². The van der Waals surface area contributed by atoms with Crippen LogP contribution in [0.5, 0.6) is 5.75 Å². The first-order valence-corrected chi connectivity index (χ1v) is 5.58. The molecule has 0 aliphatic rings. The van der Waals surface area contributed by atoms with Crippen molar-refractivity contribution in [3.05, 3.63) is 23.8 Å². The highest BCUT2D eigenvalue weighted by molar-refractivity contribution is 6.01. The van der Waals surface area contributed by atoms with Crippen molar-refractivity contribution in [3.63, 3.8) is 0 Å². The molecule has 0 bridgehead atoms. The number of methoxy groups -OCH3 is 1. The van der Waals surface area contributed by atoms with Gasteiger partial charge in [-0.1, -0.05) is 0 Å². The number of carbonyl (C=O) groups is 2. The maximum Gasteiger partial charge on any atom is 0.411 e. The van der Waals surface area contributed by atoms with E-state index in [9.17, 15) is 22.8 Å². The second kappa shape index (κ2) is 6.93. The fraction of sp³-hybridized carbons (Fsp3) is 0.333. The van der Waals surface area contributed by atoms with Gasteiger partial charge in [0.15, 0.2) is 0 Å². The van der Waals surface area contributed by atoms with Gasteiger partial charge in [-0.3, -0.25) is 4.79 Å². The molecule has 0 fully saturated rings. The summed E-state index contributed by atoms with van der Waals surface area (Å²) in [5.41, 5.74) is -0.317. The number of anilines is 1. The van der Waals surface area contributed by atoms with E-state index in [4.69, 9.17) is 9.84 Å². The zero-order valence-corrected chi connectivity index (χ0v) is 10.9. The summed E-state index contributed by atoms with van der Waals surface area (Å²) in [4.78, 5) is 22.4. The van der Waals surface area contributed by atoms with Crippen LogP contribution in [0.1, 0.15) is 10.4 Å². The Kier molecular flexibility index (Phi) is 5.53. The quantitative estimate of drug-likeness (QED) is 0.838. The smallest absolute Gasteiger partial charge is 0.411 e. The third-order valence-corrected chi connectivity index (χ3v) is 2.23. The van der Waals surface area contributed by atoms with Gasteiger partial charge in [-0.05, 0) is 12.1 Å². The number of alkyl halides is 3. The van der Waals surface area contributed by atoms with Gasteiger partial charge in [-0.15, -0.1) is 0 Å². The normalized spacial score (nSPS) is 11.0. The molecule has 21 heavy (non-hydrogen) atoms. The summed E-state index contributed by atoms with van der Waals surface area (Å²) in [6.45, 7) is -2.42. The average Bonchev–Trinajstić information content (AvgIpc) is 2.36. The molecule has 0 aliphatic carbocycles. The average molecular weight is 307 g/mol. The van der Waals surface area contributed by atoms with Crippen molar-refractivity contribution in [2.24, 2.45) is 0 Å². The number of rotatable bonds is 6. The molecule has 6 nitrogen and oxygen atoms in total. The van der Waals surface area contributed by atoms with Crippen LogP contribution in [0.4, 0.5) is 18.9 Å². The number of nitrogens with one attached hydrogen (secondary N) is 1. The molecule has 9 heteroatoms. The number of benzene rings is 1. The Hall–Kier alpha value is -2.29. The van der Waals surface area contributed by atoms with Crippen LogP contribution in [-0.4, -0.2) is 43.5 Å². The molecule has 0 atom stereocenters. The largest absolute Gasteiger partial charge is 0.497 e. The molecular weight excluding hydrogens is 295 g/mol. The Balaban J connectivity index is 2.72. The summed E-state index contributed by atoms with van der Waals surface area (Å²) >= 11 is 0. The Morgan fingerprint density at radius 3 is 2.52 bits per heavy atom. The number of hydrogen-bond donors (Lipinski definition) is 2. The van der Waals surface area contributed by atoms with Crippen LogP contribution in [0.2, 0.25) is 0 Å². The van der Waals surface area contributed by atoms with Crippen LogP contribution < -0.4 is 10.1 Å². The molecule has 0 saturated carbocycles. The summed E-state index contributed by atoms with van der Waals surface area (Å²) in [6, 6.07) is 3.82. The van der Waals surface area contributed by atoms with Crippen LogP contribution >= 0.6 is 0 Å². The van der Waals surface area contributed by atoms with E-state index in [0.29, 0.717) is 0 Å². The zero-order valence-electron chi connectivity index (χ0n) is 10.9. The second-order valence-electron chi connectivity index (χ2n) is 3.87. The summed E-state index contributed by atoms with van der Waals surface area (Å²) < 4.78 is 44.6. The van der Waals surface area contributed by atoms with E-state index in [2.05, 4.69) is 10.1 Å². The molecular formula is C12H12F3NO5. The topological polar surface area (TPSA) is 84.9 Å². The van der Waals surface area contributed by atoms with E-state index in [0.717, 1.165) is 0 Å². The molecule has 0 heterocycles. The Labute approximate surface area is 117 Å². The highest BCUT2D eigenvalue weighted by Gasteiger charge is 2.27. The number of hydrogen-bond acceptors (Lipinski definition) is 4. The number of carboxylic acids is 1. The van der Waals surface area contributed by atoms with Crippen molar-refractivity contribution in [2.45, 2.75) is 6.18 Å². The van der Waals surface area contributed by atoms with Crippen LogP contribution in [-0.2, 0) is 9.53 Å².